The Balaban J connectivity index is 1.23. The van der Waals surface area contributed by atoms with Gasteiger partial charge in [-0.1, -0.05) is 31.3 Å². The van der Waals surface area contributed by atoms with Crippen LogP contribution in [-0.2, 0) is 10.0 Å². The number of sulfonamides is 1. The number of ether oxygens (including phenoxy) is 1. The number of benzene rings is 2. The first kappa shape index (κ1) is 25.0. The molecule has 3 heterocycles. The highest BCUT2D eigenvalue weighted by molar-refractivity contribution is 7.89. The fraction of sp³-hybridized carbons (Fsp3) is 0.462. The second kappa shape index (κ2) is 9.99. The van der Waals surface area contributed by atoms with E-state index in [1.165, 1.54) is 0 Å². The summed E-state index contributed by atoms with van der Waals surface area (Å²) in [6, 6.07) is 12.3. The quantitative estimate of drug-likeness (QED) is 0.499. The number of fused-ring (bicyclic) bond motifs is 1. The van der Waals surface area contributed by atoms with Crippen molar-refractivity contribution in [3.05, 3.63) is 48.0 Å². The molecule has 2 unspecified atom stereocenters. The number of carbonyl (C=O) groups excluding carboxylic acids is 1. The molecular formula is C26H32N4O4S2. The Morgan fingerprint density at radius 2 is 1.67 bits per heavy atom. The number of para-hydroxylation sites is 1. The van der Waals surface area contributed by atoms with Gasteiger partial charge in [0.05, 0.1) is 16.7 Å². The van der Waals surface area contributed by atoms with Crippen molar-refractivity contribution in [1.82, 2.24) is 14.2 Å². The molecule has 0 N–H and O–H groups in total. The number of anilines is 1. The van der Waals surface area contributed by atoms with E-state index in [1.54, 1.807) is 47.0 Å². The molecule has 2 saturated heterocycles. The zero-order valence-corrected chi connectivity index (χ0v) is 22.5. The van der Waals surface area contributed by atoms with Gasteiger partial charge >= 0.3 is 0 Å². The number of hydrogen-bond donors (Lipinski definition) is 0. The summed E-state index contributed by atoms with van der Waals surface area (Å²) in [6.45, 7) is 7.79. The highest BCUT2D eigenvalue weighted by Crippen LogP contribution is 2.34. The van der Waals surface area contributed by atoms with Crippen LogP contribution in [0.25, 0.3) is 10.2 Å². The van der Waals surface area contributed by atoms with E-state index < -0.39 is 10.0 Å². The van der Waals surface area contributed by atoms with Crippen molar-refractivity contribution < 1.29 is 17.9 Å². The van der Waals surface area contributed by atoms with Crippen LogP contribution in [0.1, 0.15) is 30.6 Å². The molecule has 2 aliphatic heterocycles. The topological polar surface area (TPSA) is 83.0 Å². The van der Waals surface area contributed by atoms with Crippen LogP contribution in [0.5, 0.6) is 5.75 Å². The molecule has 0 radical (unpaired) electrons. The molecular weight excluding hydrogens is 496 g/mol. The van der Waals surface area contributed by atoms with Crippen molar-refractivity contribution in [1.29, 1.82) is 0 Å². The van der Waals surface area contributed by atoms with Crippen molar-refractivity contribution in [3.8, 4) is 5.75 Å². The lowest BCUT2D eigenvalue weighted by Crippen LogP contribution is -2.48. The van der Waals surface area contributed by atoms with Gasteiger partial charge in [-0.15, -0.1) is 0 Å². The summed E-state index contributed by atoms with van der Waals surface area (Å²) in [7, 11) is -1.91. The fourth-order valence-electron chi connectivity index (χ4n) is 5.22. The molecule has 2 aromatic carbocycles. The summed E-state index contributed by atoms with van der Waals surface area (Å²) in [4.78, 5) is 22.2. The largest absolute Gasteiger partial charge is 0.494 e. The van der Waals surface area contributed by atoms with E-state index in [1.807, 2.05) is 23.1 Å². The van der Waals surface area contributed by atoms with Gasteiger partial charge in [0.1, 0.15) is 11.3 Å². The van der Waals surface area contributed by atoms with Gasteiger partial charge in [-0.25, -0.2) is 13.4 Å². The summed E-state index contributed by atoms with van der Waals surface area (Å²) >= 11 is 1.63. The Morgan fingerprint density at radius 1 is 1.00 bits per heavy atom. The molecule has 0 bridgehead atoms. The van der Waals surface area contributed by atoms with E-state index in [4.69, 9.17) is 9.72 Å². The van der Waals surface area contributed by atoms with Crippen LogP contribution in [0.4, 0.5) is 5.13 Å². The Bertz CT molecular complexity index is 1340. The van der Waals surface area contributed by atoms with E-state index in [-0.39, 0.29) is 10.8 Å². The zero-order valence-electron chi connectivity index (χ0n) is 20.9. The number of rotatable bonds is 5. The number of thiazole rings is 1. The van der Waals surface area contributed by atoms with Crippen LogP contribution < -0.4 is 9.64 Å². The van der Waals surface area contributed by atoms with Crippen LogP contribution in [0, 0.1) is 11.8 Å². The lowest BCUT2D eigenvalue weighted by Gasteiger charge is -2.35. The molecule has 2 fully saturated rings. The van der Waals surface area contributed by atoms with Crippen LogP contribution in [0.3, 0.4) is 0 Å². The van der Waals surface area contributed by atoms with Crippen molar-refractivity contribution in [2.24, 2.45) is 11.8 Å². The third kappa shape index (κ3) is 4.81. The van der Waals surface area contributed by atoms with Gasteiger partial charge in [0, 0.05) is 44.8 Å². The first-order chi connectivity index (χ1) is 17.3. The van der Waals surface area contributed by atoms with Crippen molar-refractivity contribution in [2.45, 2.75) is 25.2 Å². The van der Waals surface area contributed by atoms with E-state index in [0.717, 1.165) is 27.5 Å². The number of hydrogen-bond acceptors (Lipinski definition) is 7. The first-order valence-electron chi connectivity index (χ1n) is 12.3. The Hall–Kier alpha value is -2.69. The highest BCUT2D eigenvalue weighted by Gasteiger charge is 2.32. The van der Waals surface area contributed by atoms with Gasteiger partial charge < -0.3 is 14.5 Å². The average Bonchev–Trinajstić information content (AvgIpc) is 3.32. The summed E-state index contributed by atoms with van der Waals surface area (Å²) in [5.41, 5.74) is 1.37. The lowest BCUT2D eigenvalue weighted by molar-refractivity contribution is 0.0746. The SMILES string of the molecule is COc1cccc2sc(N3CCN(C(=O)c4ccc(S(=O)(=O)N5CC(C)CC(C)C5)cc4)CC3)nc12. The first-order valence-corrected chi connectivity index (χ1v) is 14.6. The van der Waals surface area contributed by atoms with Gasteiger partial charge in [-0.05, 0) is 54.7 Å². The number of amides is 1. The second-order valence-corrected chi connectivity index (χ2v) is 12.8. The molecule has 1 aromatic heterocycles. The minimum atomic E-state index is -3.56. The number of nitrogens with zero attached hydrogens (tertiary/aromatic N) is 4. The number of carbonyl (C=O) groups is 1. The molecule has 5 rings (SSSR count). The van der Waals surface area contributed by atoms with E-state index in [9.17, 15) is 13.2 Å². The minimum absolute atomic E-state index is 0.0789. The van der Waals surface area contributed by atoms with Gasteiger partial charge in [-0.2, -0.15) is 4.31 Å². The Morgan fingerprint density at radius 3 is 2.31 bits per heavy atom. The van der Waals surface area contributed by atoms with Crippen LogP contribution in [0.2, 0.25) is 0 Å². The third-order valence-electron chi connectivity index (χ3n) is 7.00. The van der Waals surface area contributed by atoms with Crippen molar-refractivity contribution in [3.63, 3.8) is 0 Å². The predicted octanol–water partition coefficient (Wildman–Crippen LogP) is 3.93. The summed E-state index contributed by atoms with van der Waals surface area (Å²) in [6.07, 6.45) is 1.04. The van der Waals surface area contributed by atoms with Crippen LogP contribution >= 0.6 is 11.3 Å². The Kier molecular flexibility index (Phi) is 6.93. The second-order valence-electron chi connectivity index (χ2n) is 9.88. The zero-order chi connectivity index (χ0) is 25.4. The Labute approximate surface area is 216 Å². The highest BCUT2D eigenvalue weighted by atomic mass is 32.2. The van der Waals surface area contributed by atoms with Gasteiger partial charge in [0.25, 0.3) is 5.91 Å². The molecule has 1 amide bonds. The molecule has 192 valence electrons. The fourth-order valence-corrected chi connectivity index (χ4v) is 7.93. The molecule has 0 saturated carbocycles. The van der Waals surface area contributed by atoms with E-state index >= 15 is 0 Å². The molecule has 3 aromatic rings. The molecule has 2 atom stereocenters. The van der Waals surface area contributed by atoms with E-state index in [2.05, 4.69) is 18.7 Å². The van der Waals surface area contributed by atoms with Crippen LogP contribution in [0.15, 0.2) is 47.4 Å². The van der Waals surface area contributed by atoms with Gasteiger partial charge in [0.2, 0.25) is 10.0 Å². The standard InChI is InChI=1S/C26H32N4O4S2/c1-18-15-19(2)17-30(16-18)36(32,33)21-9-7-20(8-10-21)25(31)28-11-13-29(14-12-28)26-27-24-22(34-3)5-4-6-23(24)35-26/h4-10,18-19H,11-17H2,1-3H3. The molecule has 10 heteroatoms. The molecule has 0 aliphatic carbocycles. The number of piperidine rings is 1. The number of piperazine rings is 1. The third-order valence-corrected chi connectivity index (χ3v) is 9.93. The van der Waals surface area contributed by atoms with Crippen molar-refractivity contribution >= 4 is 42.6 Å². The molecule has 0 spiro atoms. The maximum Gasteiger partial charge on any atom is 0.253 e. The number of methoxy groups -OCH3 is 1. The van der Waals surface area contributed by atoms with Gasteiger partial charge in [-0.3, -0.25) is 4.79 Å². The predicted molar refractivity (Wildman–Crippen MR) is 142 cm³/mol. The monoisotopic (exact) mass is 528 g/mol. The lowest BCUT2D eigenvalue weighted by atomic mass is 9.94. The van der Waals surface area contributed by atoms with Crippen molar-refractivity contribution in [2.75, 3.05) is 51.3 Å². The normalized spacial score (nSPS) is 21.6. The summed E-state index contributed by atoms with van der Waals surface area (Å²) in [5.74, 6) is 1.36. The average molecular weight is 529 g/mol. The van der Waals surface area contributed by atoms with Gasteiger partial charge in [0.15, 0.2) is 5.13 Å². The summed E-state index contributed by atoms with van der Waals surface area (Å²) < 4.78 is 34.4. The number of aromatic nitrogens is 1. The molecule has 36 heavy (non-hydrogen) atoms. The molecule has 2 aliphatic rings. The van der Waals surface area contributed by atoms with Crippen LogP contribution in [-0.4, -0.2) is 74.9 Å². The maximum absolute atomic E-state index is 13.1. The summed E-state index contributed by atoms with van der Waals surface area (Å²) in [5, 5.41) is 0.928. The maximum atomic E-state index is 13.1. The smallest absolute Gasteiger partial charge is 0.253 e. The minimum Gasteiger partial charge on any atom is -0.494 e. The van der Waals surface area contributed by atoms with E-state index in [0.29, 0.717) is 56.7 Å². The molecule has 8 nitrogen and oxygen atoms in total.